The average molecular weight is 265 g/mol. The molecule has 0 aliphatic rings. The van der Waals surface area contributed by atoms with Crippen molar-refractivity contribution in [1.29, 1.82) is 0 Å². The van der Waals surface area contributed by atoms with Crippen LogP contribution in [0.4, 0.5) is 11.6 Å². The molecule has 0 fully saturated rings. The molecule has 0 aliphatic carbocycles. The molecule has 102 valence electrons. The standard InChI is InChI=1S/C11H15N5O3/c1-3-19-7-6-14(2)10-5-4-9-12-8-11(16(17)18)15(9)13-10/h4-5,8H,3,6-7H2,1-2H3. The molecule has 19 heavy (non-hydrogen) atoms. The van der Waals surface area contributed by atoms with Gasteiger partial charge >= 0.3 is 5.82 Å². The molecule has 8 heteroatoms. The zero-order valence-corrected chi connectivity index (χ0v) is 10.8. The predicted molar refractivity (Wildman–Crippen MR) is 69.4 cm³/mol. The van der Waals surface area contributed by atoms with Crippen LogP contribution >= 0.6 is 0 Å². The molecule has 0 spiro atoms. The van der Waals surface area contributed by atoms with Gasteiger partial charge in [0, 0.05) is 26.3 Å². The Morgan fingerprint density at radius 3 is 3.00 bits per heavy atom. The number of hydrogen-bond acceptors (Lipinski definition) is 6. The van der Waals surface area contributed by atoms with Crippen LogP contribution in [0.3, 0.4) is 0 Å². The molecule has 2 aromatic heterocycles. The Morgan fingerprint density at radius 2 is 2.32 bits per heavy atom. The Balaban J connectivity index is 2.24. The van der Waals surface area contributed by atoms with Crippen LogP contribution in [0.15, 0.2) is 18.3 Å². The van der Waals surface area contributed by atoms with Crippen molar-refractivity contribution in [2.45, 2.75) is 6.92 Å². The third-order valence-electron chi connectivity index (χ3n) is 2.68. The summed E-state index contributed by atoms with van der Waals surface area (Å²) in [4.78, 5) is 16.1. The lowest BCUT2D eigenvalue weighted by Gasteiger charge is -2.16. The Bertz CT molecular complexity index is 583. The van der Waals surface area contributed by atoms with Crippen molar-refractivity contribution in [2.24, 2.45) is 0 Å². The van der Waals surface area contributed by atoms with Crippen molar-refractivity contribution in [3.8, 4) is 0 Å². The van der Waals surface area contributed by atoms with Gasteiger partial charge in [0.05, 0.1) is 6.61 Å². The van der Waals surface area contributed by atoms with E-state index in [0.29, 0.717) is 31.2 Å². The summed E-state index contributed by atoms with van der Waals surface area (Å²) >= 11 is 0. The summed E-state index contributed by atoms with van der Waals surface area (Å²) in [6, 6.07) is 3.48. The van der Waals surface area contributed by atoms with Crippen LogP contribution < -0.4 is 4.90 Å². The third kappa shape index (κ3) is 2.79. The summed E-state index contributed by atoms with van der Waals surface area (Å²) < 4.78 is 6.49. The zero-order valence-electron chi connectivity index (χ0n) is 10.8. The highest BCUT2D eigenvalue weighted by Crippen LogP contribution is 2.16. The lowest BCUT2D eigenvalue weighted by Crippen LogP contribution is -2.24. The summed E-state index contributed by atoms with van der Waals surface area (Å²) in [5.41, 5.74) is 0.452. The van der Waals surface area contributed by atoms with Gasteiger partial charge in [0.15, 0.2) is 5.82 Å². The number of aromatic nitrogens is 3. The van der Waals surface area contributed by atoms with Crippen molar-refractivity contribution in [2.75, 3.05) is 31.7 Å². The molecule has 0 N–H and O–H groups in total. The summed E-state index contributed by atoms with van der Waals surface area (Å²) in [6.07, 6.45) is 1.20. The van der Waals surface area contributed by atoms with E-state index in [2.05, 4.69) is 10.1 Å². The van der Waals surface area contributed by atoms with E-state index < -0.39 is 4.92 Å². The van der Waals surface area contributed by atoms with Crippen LogP contribution in [0.25, 0.3) is 5.65 Å². The normalized spacial score (nSPS) is 10.8. The van der Waals surface area contributed by atoms with Gasteiger partial charge in [-0.15, -0.1) is 0 Å². The summed E-state index contributed by atoms with van der Waals surface area (Å²) in [5, 5.41) is 15.1. The second kappa shape index (κ2) is 5.61. The number of anilines is 1. The summed E-state index contributed by atoms with van der Waals surface area (Å²) in [5.74, 6) is 0.489. The third-order valence-corrected chi connectivity index (χ3v) is 2.68. The minimum Gasteiger partial charge on any atom is -0.380 e. The van der Waals surface area contributed by atoms with Crippen LogP contribution in [0.5, 0.6) is 0 Å². The molecule has 0 bridgehead atoms. The molecule has 0 amide bonds. The number of nitrogens with zero attached hydrogens (tertiary/aromatic N) is 5. The number of fused-ring (bicyclic) bond motifs is 1. The van der Waals surface area contributed by atoms with E-state index in [1.807, 2.05) is 18.9 Å². The largest absolute Gasteiger partial charge is 0.380 e. The molecule has 0 aromatic carbocycles. The van der Waals surface area contributed by atoms with E-state index in [1.54, 1.807) is 12.1 Å². The second-order valence-corrected chi connectivity index (χ2v) is 3.95. The SMILES string of the molecule is CCOCCN(C)c1ccc2ncc([N+](=O)[O-])n2n1. The van der Waals surface area contributed by atoms with Gasteiger partial charge in [-0.25, -0.2) is 4.98 Å². The van der Waals surface area contributed by atoms with Gasteiger partial charge in [-0.2, -0.15) is 0 Å². The average Bonchev–Trinajstić information content (AvgIpc) is 2.81. The molecule has 0 unspecified atom stereocenters. The van der Waals surface area contributed by atoms with Crippen molar-refractivity contribution in [3.63, 3.8) is 0 Å². The van der Waals surface area contributed by atoms with Crippen molar-refractivity contribution in [3.05, 3.63) is 28.4 Å². The van der Waals surface area contributed by atoms with Gasteiger partial charge in [0.25, 0.3) is 0 Å². The van der Waals surface area contributed by atoms with E-state index in [0.717, 1.165) is 0 Å². The van der Waals surface area contributed by atoms with Crippen LogP contribution in [0.1, 0.15) is 6.92 Å². The molecule has 0 radical (unpaired) electrons. The van der Waals surface area contributed by atoms with E-state index in [4.69, 9.17) is 4.74 Å². The highest BCUT2D eigenvalue weighted by molar-refractivity contribution is 5.48. The Kier molecular flexibility index (Phi) is 3.91. The Labute approximate surface area is 109 Å². The number of ether oxygens (including phenoxy) is 1. The summed E-state index contributed by atoms with van der Waals surface area (Å²) in [6.45, 7) is 3.83. The smallest absolute Gasteiger partial charge is 0.368 e. The minimum absolute atomic E-state index is 0.143. The van der Waals surface area contributed by atoms with Gasteiger partial charge < -0.3 is 19.8 Å². The first-order chi connectivity index (χ1) is 9.13. The maximum Gasteiger partial charge on any atom is 0.368 e. The molecular formula is C11H15N5O3. The van der Waals surface area contributed by atoms with E-state index >= 15 is 0 Å². The number of likely N-dealkylation sites (N-methyl/N-ethyl adjacent to an activating group) is 1. The number of imidazole rings is 1. The van der Waals surface area contributed by atoms with Gasteiger partial charge in [0.2, 0.25) is 5.65 Å². The fraction of sp³-hybridized carbons (Fsp3) is 0.455. The quantitative estimate of drug-likeness (QED) is 0.442. The highest BCUT2D eigenvalue weighted by Gasteiger charge is 2.16. The van der Waals surface area contributed by atoms with Crippen LogP contribution in [0, 0.1) is 10.1 Å². The van der Waals surface area contributed by atoms with Crippen molar-refractivity contribution >= 4 is 17.3 Å². The molecule has 0 aliphatic heterocycles. The van der Waals surface area contributed by atoms with Crippen molar-refractivity contribution in [1.82, 2.24) is 14.6 Å². The highest BCUT2D eigenvalue weighted by atomic mass is 16.6. The number of rotatable bonds is 6. The molecule has 0 saturated heterocycles. The van der Waals surface area contributed by atoms with Crippen molar-refractivity contribution < 1.29 is 9.66 Å². The number of nitro groups is 1. The van der Waals surface area contributed by atoms with Crippen LogP contribution in [-0.4, -0.2) is 46.3 Å². The van der Waals surface area contributed by atoms with Crippen LogP contribution in [-0.2, 0) is 4.74 Å². The zero-order chi connectivity index (χ0) is 13.8. The second-order valence-electron chi connectivity index (χ2n) is 3.95. The minimum atomic E-state index is -0.503. The van der Waals surface area contributed by atoms with E-state index in [-0.39, 0.29) is 5.82 Å². The van der Waals surface area contributed by atoms with E-state index in [9.17, 15) is 10.1 Å². The molecule has 0 atom stereocenters. The first-order valence-corrected chi connectivity index (χ1v) is 5.91. The first kappa shape index (κ1) is 13.2. The molecule has 2 aromatic rings. The predicted octanol–water partition coefficient (Wildman–Crippen LogP) is 1.11. The van der Waals surface area contributed by atoms with Gasteiger partial charge in [-0.1, -0.05) is 9.61 Å². The van der Waals surface area contributed by atoms with Gasteiger partial charge in [-0.3, -0.25) is 0 Å². The Hall–Kier alpha value is -2.22. The summed E-state index contributed by atoms with van der Waals surface area (Å²) in [7, 11) is 1.86. The van der Waals surface area contributed by atoms with Gasteiger partial charge in [0.1, 0.15) is 6.20 Å². The molecular weight excluding hydrogens is 250 g/mol. The molecule has 2 heterocycles. The fourth-order valence-electron chi connectivity index (χ4n) is 1.64. The molecule has 8 nitrogen and oxygen atoms in total. The first-order valence-electron chi connectivity index (χ1n) is 5.91. The topological polar surface area (TPSA) is 85.8 Å². The maximum absolute atomic E-state index is 10.8. The Morgan fingerprint density at radius 1 is 1.53 bits per heavy atom. The monoisotopic (exact) mass is 265 g/mol. The lowest BCUT2D eigenvalue weighted by atomic mass is 10.4. The number of hydrogen-bond donors (Lipinski definition) is 0. The molecule has 0 saturated carbocycles. The fourth-order valence-corrected chi connectivity index (χ4v) is 1.64. The van der Waals surface area contributed by atoms with E-state index in [1.165, 1.54) is 10.7 Å². The molecule has 2 rings (SSSR count). The lowest BCUT2D eigenvalue weighted by molar-refractivity contribution is -0.391. The maximum atomic E-state index is 10.8. The van der Waals surface area contributed by atoms with Crippen LogP contribution in [0.2, 0.25) is 0 Å². The van der Waals surface area contributed by atoms with Gasteiger partial charge in [-0.05, 0) is 17.9 Å².